The number of carbonyl (C=O) groups is 1. The van der Waals surface area contributed by atoms with Crippen molar-refractivity contribution in [3.8, 4) is 0 Å². The van der Waals surface area contributed by atoms with E-state index in [2.05, 4.69) is 0 Å². The zero-order valence-electron chi connectivity index (χ0n) is 16.0. The van der Waals surface area contributed by atoms with Crippen LogP contribution in [0.3, 0.4) is 0 Å². The number of piperazine rings is 1. The van der Waals surface area contributed by atoms with Gasteiger partial charge in [0.2, 0.25) is 15.9 Å². The number of carbonyl (C=O) groups excluding carboxylic acids is 1. The summed E-state index contributed by atoms with van der Waals surface area (Å²) in [5.74, 6) is -0.551. The Kier molecular flexibility index (Phi) is 5.88. The Morgan fingerprint density at radius 2 is 1.57 bits per heavy atom. The van der Waals surface area contributed by atoms with E-state index in [1.165, 1.54) is 6.07 Å². The van der Waals surface area contributed by atoms with Crippen molar-refractivity contribution >= 4 is 27.3 Å². The second-order valence-corrected chi connectivity index (χ2v) is 8.69. The SMILES string of the molecule is C[C@H](C(=O)N1CCN(c2ccccc2F)CC1)N(c1ccccc1)S(C)(=O)=O. The summed E-state index contributed by atoms with van der Waals surface area (Å²) >= 11 is 0. The van der Waals surface area contributed by atoms with Crippen molar-refractivity contribution in [1.29, 1.82) is 0 Å². The average Bonchev–Trinajstić information content (AvgIpc) is 2.68. The van der Waals surface area contributed by atoms with Crippen LogP contribution in [0.4, 0.5) is 15.8 Å². The summed E-state index contributed by atoms with van der Waals surface area (Å²) in [4.78, 5) is 16.5. The van der Waals surface area contributed by atoms with Gasteiger partial charge in [0.25, 0.3) is 0 Å². The zero-order chi connectivity index (χ0) is 20.3. The van der Waals surface area contributed by atoms with Crippen molar-refractivity contribution in [3.05, 3.63) is 60.4 Å². The van der Waals surface area contributed by atoms with Crippen molar-refractivity contribution in [3.63, 3.8) is 0 Å². The molecule has 3 rings (SSSR count). The van der Waals surface area contributed by atoms with Crippen molar-refractivity contribution in [2.45, 2.75) is 13.0 Å². The van der Waals surface area contributed by atoms with Gasteiger partial charge in [0.1, 0.15) is 11.9 Å². The molecule has 0 spiro atoms. The van der Waals surface area contributed by atoms with Gasteiger partial charge >= 0.3 is 0 Å². The van der Waals surface area contributed by atoms with Crippen LogP contribution in [-0.4, -0.2) is 57.7 Å². The Morgan fingerprint density at radius 3 is 2.14 bits per heavy atom. The van der Waals surface area contributed by atoms with Gasteiger partial charge in [0.15, 0.2) is 0 Å². The van der Waals surface area contributed by atoms with E-state index in [0.29, 0.717) is 37.6 Å². The molecule has 1 aliphatic rings. The van der Waals surface area contributed by atoms with Gasteiger partial charge in [0, 0.05) is 26.2 Å². The molecular weight excluding hydrogens is 381 g/mol. The first-order valence-electron chi connectivity index (χ1n) is 9.12. The van der Waals surface area contributed by atoms with Gasteiger partial charge in [-0.25, -0.2) is 12.8 Å². The first-order valence-corrected chi connectivity index (χ1v) is 11.0. The number of halogens is 1. The molecule has 1 atom stereocenters. The van der Waals surface area contributed by atoms with Crippen molar-refractivity contribution in [1.82, 2.24) is 4.90 Å². The number of rotatable bonds is 5. The minimum atomic E-state index is -3.63. The lowest BCUT2D eigenvalue weighted by molar-refractivity contribution is -0.132. The Bertz CT molecular complexity index is 929. The van der Waals surface area contributed by atoms with E-state index in [1.54, 1.807) is 60.4 Å². The molecule has 0 unspecified atom stereocenters. The average molecular weight is 405 g/mol. The molecule has 2 aromatic carbocycles. The fourth-order valence-electron chi connectivity index (χ4n) is 3.52. The number of hydrogen-bond acceptors (Lipinski definition) is 4. The fraction of sp³-hybridized carbons (Fsp3) is 0.350. The maximum absolute atomic E-state index is 14.0. The van der Waals surface area contributed by atoms with Gasteiger partial charge in [-0.05, 0) is 31.2 Å². The third-order valence-electron chi connectivity index (χ3n) is 4.86. The highest BCUT2D eigenvalue weighted by Gasteiger charge is 2.33. The summed E-state index contributed by atoms with van der Waals surface area (Å²) in [7, 11) is -3.63. The van der Waals surface area contributed by atoms with Gasteiger partial charge in [-0.2, -0.15) is 0 Å². The largest absolute Gasteiger partial charge is 0.366 e. The molecule has 0 aliphatic carbocycles. The second-order valence-electron chi connectivity index (χ2n) is 6.83. The molecule has 0 bridgehead atoms. The van der Waals surface area contributed by atoms with Crippen LogP contribution in [0.1, 0.15) is 6.92 Å². The number of para-hydroxylation sites is 2. The van der Waals surface area contributed by atoms with Crippen LogP contribution in [0.5, 0.6) is 0 Å². The van der Waals surface area contributed by atoms with Crippen molar-refractivity contribution < 1.29 is 17.6 Å². The molecule has 0 aromatic heterocycles. The Balaban J connectivity index is 1.72. The Morgan fingerprint density at radius 1 is 1.00 bits per heavy atom. The standard InChI is InChI=1S/C20H24FN3O3S/c1-16(24(28(2,26)27)17-8-4-3-5-9-17)20(25)23-14-12-22(13-15-23)19-11-7-6-10-18(19)21/h3-11,16H,12-15H2,1-2H3/t16-/m1/s1. The zero-order valence-corrected chi connectivity index (χ0v) is 16.8. The van der Waals surface area contributed by atoms with E-state index < -0.39 is 16.1 Å². The molecule has 0 N–H and O–H groups in total. The van der Waals surface area contributed by atoms with Gasteiger partial charge in [-0.1, -0.05) is 30.3 Å². The minimum absolute atomic E-state index is 0.262. The normalized spacial score (nSPS) is 16.0. The number of amides is 1. The van der Waals surface area contributed by atoms with Crippen LogP contribution in [0.2, 0.25) is 0 Å². The summed E-state index contributed by atoms with van der Waals surface area (Å²) in [6.45, 7) is 3.39. The molecule has 1 aliphatic heterocycles. The number of benzene rings is 2. The summed E-state index contributed by atoms with van der Waals surface area (Å²) in [6.07, 6.45) is 1.10. The summed E-state index contributed by atoms with van der Waals surface area (Å²) in [5, 5.41) is 0. The van der Waals surface area contributed by atoms with E-state index >= 15 is 0 Å². The molecule has 0 saturated carbocycles. The first-order chi connectivity index (χ1) is 13.3. The molecule has 6 nitrogen and oxygen atoms in total. The lowest BCUT2D eigenvalue weighted by Gasteiger charge is -2.39. The molecule has 150 valence electrons. The molecular formula is C20H24FN3O3S. The number of nitrogens with zero attached hydrogens (tertiary/aromatic N) is 3. The van der Waals surface area contributed by atoms with Crippen molar-refractivity contribution in [2.75, 3.05) is 41.6 Å². The number of anilines is 2. The minimum Gasteiger partial charge on any atom is -0.366 e. The molecule has 1 heterocycles. The van der Waals surface area contributed by atoms with E-state index in [4.69, 9.17) is 0 Å². The van der Waals surface area contributed by atoms with E-state index in [0.717, 1.165) is 10.6 Å². The lowest BCUT2D eigenvalue weighted by atomic mass is 10.2. The van der Waals surface area contributed by atoms with E-state index in [1.807, 2.05) is 4.90 Å². The molecule has 28 heavy (non-hydrogen) atoms. The van der Waals surface area contributed by atoms with Crippen LogP contribution in [-0.2, 0) is 14.8 Å². The Labute approximate surface area is 165 Å². The highest BCUT2D eigenvalue weighted by atomic mass is 32.2. The molecule has 1 fully saturated rings. The maximum atomic E-state index is 14.0. The van der Waals surface area contributed by atoms with Crippen LogP contribution in [0, 0.1) is 5.82 Å². The number of sulfonamides is 1. The first kappa shape index (κ1) is 20.1. The topological polar surface area (TPSA) is 60.9 Å². The van der Waals surface area contributed by atoms with Gasteiger partial charge in [0.05, 0.1) is 17.6 Å². The quantitative estimate of drug-likeness (QED) is 0.766. The monoisotopic (exact) mass is 405 g/mol. The van der Waals surface area contributed by atoms with Crippen LogP contribution < -0.4 is 9.21 Å². The predicted octanol–water partition coefficient (Wildman–Crippen LogP) is 2.33. The fourth-order valence-corrected chi connectivity index (χ4v) is 4.69. The molecule has 1 saturated heterocycles. The van der Waals surface area contributed by atoms with E-state index in [9.17, 15) is 17.6 Å². The number of hydrogen-bond donors (Lipinski definition) is 0. The smallest absolute Gasteiger partial charge is 0.246 e. The van der Waals surface area contributed by atoms with E-state index in [-0.39, 0.29) is 11.7 Å². The van der Waals surface area contributed by atoms with Crippen molar-refractivity contribution in [2.24, 2.45) is 0 Å². The van der Waals surface area contributed by atoms with Crippen LogP contribution in [0.25, 0.3) is 0 Å². The highest BCUT2D eigenvalue weighted by Crippen LogP contribution is 2.23. The molecule has 2 aromatic rings. The molecule has 0 radical (unpaired) electrons. The van der Waals surface area contributed by atoms with Gasteiger partial charge in [-0.15, -0.1) is 0 Å². The van der Waals surface area contributed by atoms with Gasteiger partial charge < -0.3 is 9.80 Å². The lowest BCUT2D eigenvalue weighted by Crippen LogP contribution is -2.55. The molecule has 1 amide bonds. The predicted molar refractivity (Wildman–Crippen MR) is 108 cm³/mol. The summed E-state index contributed by atoms with van der Waals surface area (Å²) < 4.78 is 39.8. The third kappa shape index (κ3) is 4.27. The second kappa shape index (κ2) is 8.18. The van der Waals surface area contributed by atoms with Crippen LogP contribution >= 0.6 is 0 Å². The highest BCUT2D eigenvalue weighted by molar-refractivity contribution is 7.92. The maximum Gasteiger partial charge on any atom is 0.246 e. The third-order valence-corrected chi connectivity index (χ3v) is 6.10. The van der Waals surface area contributed by atoms with Crippen LogP contribution in [0.15, 0.2) is 54.6 Å². The summed E-state index contributed by atoms with van der Waals surface area (Å²) in [6, 6.07) is 14.3. The Hall–Kier alpha value is -2.61. The van der Waals surface area contributed by atoms with Gasteiger partial charge in [-0.3, -0.25) is 9.10 Å². The summed E-state index contributed by atoms with van der Waals surface area (Å²) in [5.41, 5.74) is 0.973. The molecule has 8 heteroatoms.